The fourth-order valence-corrected chi connectivity index (χ4v) is 5.82. The molecule has 5 aromatic rings. The SMILES string of the molecule is Cc1sc(NC(=O)C(Sc2ccc(NC(=O)Nc3ccccc3)cc2)c2ccccc2)nc1-c1ccccc1. The van der Waals surface area contributed by atoms with E-state index in [9.17, 15) is 9.59 Å². The molecule has 4 aromatic carbocycles. The lowest BCUT2D eigenvalue weighted by molar-refractivity contribution is -0.115. The predicted molar refractivity (Wildman–Crippen MR) is 161 cm³/mol. The molecule has 1 unspecified atom stereocenters. The number of para-hydroxylation sites is 1. The number of nitrogens with one attached hydrogen (secondary N) is 3. The van der Waals surface area contributed by atoms with Gasteiger partial charge in [0.25, 0.3) is 0 Å². The first-order chi connectivity index (χ1) is 19.0. The van der Waals surface area contributed by atoms with Gasteiger partial charge in [-0.2, -0.15) is 0 Å². The summed E-state index contributed by atoms with van der Waals surface area (Å²) in [6, 6.07) is 36.0. The van der Waals surface area contributed by atoms with Gasteiger partial charge < -0.3 is 16.0 Å². The molecule has 1 heterocycles. The fourth-order valence-electron chi connectivity index (χ4n) is 3.95. The zero-order chi connectivity index (χ0) is 27.0. The normalized spacial score (nSPS) is 11.4. The van der Waals surface area contributed by atoms with Crippen LogP contribution in [0.15, 0.2) is 120 Å². The van der Waals surface area contributed by atoms with E-state index in [-0.39, 0.29) is 11.9 Å². The first-order valence-corrected chi connectivity index (χ1v) is 14.0. The van der Waals surface area contributed by atoms with Crippen LogP contribution in [0.3, 0.4) is 0 Å². The van der Waals surface area contributed by atoms with Crippen molar-refractivity contribution in [3.8, 4) is 11.3 Å². The van der Waals surface area contributed by atoms with Gasteiger partial charge in [-0.05, 0) is 48.9 Å². The number of hydrogen-bond acceptors (Lipinski definition) is 5. The third kappa shape index (κ3) is 6.93. The number of amides is 3. The van der Waals surface area contributed by atoms with Crippen LogP contribution in [0.5, 0.6) is 0 Å². The lowest BCUT2D eigenvalue weighted by Gasteiger charge is -2.16. The molecule has 1 aromatic heterocycles. The van der Waals surface area contributed by atoms with Crippen molar-refractivity contribution in [1.29, 1.82) is 0 Å². The van der Waals surface area contributed by atoms with Gasteiger partial charge in [0.2, 0.25) is 5.91 Å². The number of benzene rings is 4. The molecule has 194 valence electrons. The Morgan fingerprint density at radius 3 is 1.92 bits per heavy atom. The summed E-state index contributed by atoms with van der Waals surface area (Å²) in [5.74, 6) is -0.149. The number of nitrogens with zero attached hydrogens (tertiary/aromatic N) is 1. The van der Waals surface area contributed by atoms with E-state index in [1.54, 1.807) is 0 Å². The number of carbonyl (C=O) groups excluding carboxylic acids is 2. The van der Waals surface area contributed by atoms with Gasteiger partial charge >= 0.3 is 6.03 Å². The third-order valence-electron chi connectivity index (χ3n) is 5.81. The summed E-state index contributed by atoms with van der Waals surface area (Å²) in [6.07, 6.45) is 0. The lowest BCUT2D eigenvalue weighted by atomic mass is 10.1. The molecule has 0 spiro atoms. The first-order valence-electron chi connectivity index (χ1n) is 12.3. The number of anilines is 3. The van der Waals surface area contributed by atoms with Crippen LogP contribution in [0.4, 0.5) is 21.3 Å². The Balaban J connectivity index is 1.28. The predicted octanol–water partition coefficient (Wildman–Crippen LogP) is 8.23. The molecule has 3 N–H and O–H groups in total. The summed E-state index contributed by atoms with van der Waals surface area (Å²) >= 11 is 2.91. The molecule has 0 aliphatic carbocycles. The van der Waals surface area contributed by atoms with Crippen LogP contribution in [0.25, 0.3) is 11.3 Å². The number of aromatic nitrogens is 1. The summed E-state index contributed by atoms with van der Waals surface area (Å²) in [5, 5.41) is 8.75. The third-order valence-corrected chi connectivity index (χ3v) is 7.96. The van der Waals surface area contributed by atoms with E-state index < -0.39 is 5.25 Å². The molecular formula is C31H26N4O2S2. The molecule has 8 heteroatoms. The molecule has 39 heavy (non-hydrogen) atoms. The number of carbonyl (C=O) groups is 2. The number of hydrogen-bond donors (Lipinski definition) is 3. The Hall–Kier alpha value is -4.40. The average molecular weight is 551 g/mol. The lowest BCUT2D eigenvalue weighted by Crippen LogP contribution is -2.19. The van der Waals surface area contributed by atoms with Crippen LogP contribution >= 0.6 is 23.1 Å². The van der Waals surface area contributed by atoms with Crippen molar-refractivity contribution in [3.63, 3.8) is 0 Å². The van der Waals surface area contributed by atoms with Gasteiger partial charge in [-0.15, -0.1) is 23.1 Å². The van der Waals surface area contributed by atoms with Gasteiger partial charge in [0, 0.05) is 26.7 Å². The van der Waals surface area contributed by atoms with E-state index in [4.69, 9.17) is 4.98 Å². The smallest absolute Gasteiger partial charge is 0.308 e. The molecule has 0 fully saturated rings. The molecule has 0 saturated heterocycles. The average Bonchev–Trinajstić information content (AvgIpc) is 3.33. The molecule has 1 atom stereocenters. The monoisotopic (exact) mass is 550 g/mol. The van der Waals surface area contributed by atoms with E-state index in [1.807, 2.05) is 122 Å². The molecule has 0 bridgehead atoms. The van der Waals surface area contributed by atoms with Crippen molar-refractivity contribution in [2.24, 2.45) is 0 Å². The largest absolute Gasteiger partial charge is 0.323 e. The molecule has 5 rings (SSSR count). The van der Waals surface area contributed by atoms with Crippen LogP contribution < -0.4 is 16.0 Å². The summed E-state index contributed by atoms with van der Waals surface area (Å²) in [6.45, 7) is 2.01. The summed E-state index contributed by atoms with van der Waals surface area (Å²) in [5.41, 5.74) is 4.15. The highest BCUT2D eigenvalue weighted by Crippen LogP contribution is 2.38. The van der Waals surface area contributed by atoms with Gasteiger partial charge in [-0.1, -0.05) is 78.9 Å². The highest BCUT2D eigenvalue weighted by Gasteiger charge is 2.24. The zero-order valence-electron chi connectivity index (χ0n) is 21.1. The van der Waals surface area contributed by atoms with Gasteiger partial charge in [0.1, 0.15) is 5.25 Å². The quantitative estimate of drug-likeness (QED) is 0.170. The van der Waals surface area contributed by atoms with Gasteiger partial charge in [0.15, 0.2) is 5.13 Å². The van der Waals surface area contributed by atoms with E-state index in [1.165, 1.54) is 23.1 Å². The van der Waals surface area contributed by atoms with Crippen molar-refractivity contribution >= 4 is 51.5 Å². The number of thiazole rings is 1. The van der Waals surface area contributed by atoms with Crippen LogP contribution in [-0.2, 0) is 4.79 Å². The summed E-state index contributed by atoms with van der Waals surface area (Å²) in [4.78, 5) is 32.5. The molecule has 0 aliphatic rings. The minimum absolute atomic E-state index is 0.149. The molecule has 6 nitrogen and oxygen atoms in total. The van der Waals surface area contributed by atoms with Crippen LogP contribution in [0, 0.1) is 6.92 Å². The Morgan fingerprint density at radius 2 is 1.28 bits per heavy atom. The maximum atomic E-state index is 13.5. The van der Waals surface area contributed by atoms with Crippen molar-refractivity contribution in [1.82, 2.24) is 4.98 Å². The summed E-state index contributed by atoms with van der Waals surface area (Å²) < 4.78 is 0. The van der Waals surface area contributed by atoms with Crippen LogP contribution in [-0.4, -0.2) is 16.9 Å². The van der Waals surface area contributed by atoms with E-state index in [2.05, 4.69) is 16.0 Å². The number of urea groups is 1. The topological polar surface area (TPSA) is 83.1 Å². The molecule has 0 radical (unpaired) electrons. The Bertz CT molecular complexity index is 1540. The number of thioether (sulfide) groups is 1. The second-order valence-electron chi connectivity index (χ2n) is 8.66. The van der Waals surface area contributed by atoms with Gasteiger partial charge in [-0.3, -0.25) is 4.79 Å². The molecule has 0 saturated carbocycles. The maximum absolute atomic E-state index is 13.5. The van der Waals surface area contributed by atoms with E-state index in [0.29, 0.717) is 16.5 Å². The van der Waals surface area contributed by atoms with E-state index >= 15 is 0 Å². The fraction of sp³-hybridized carbons (Fsp3) is 0.0645. The van der Waals surface area contributed by atoms with Crippen molar-refractivity contribution in [2.75, 3.05) is 16.0 Å². The number of rotatable bonds is 8. The minimum Gasteiger partial charge on any atom is -0.308 e. The van der Waals surface area contributed by atoms with Crippen molar-refractivity contribution in [3.05, 3.63) is 126 Å². The van der Waals surface area contributed by atoms with Gasteiger partial charge in [-0.25, -0.2) is 9.78 Å². The maximum Gasteiger partial charge on any atom is 0.323 e. The highest BCUT2D eigenvalue weighted by atomic mass is 32.2. The second-order valence-corrected chi connectivity index (χ2v) is 11.0. The molecule has 3 amide bonds. The minimum atomic E-state index is -0.490. The summed E-state index contributed by atoms with van der Waals surface area (Å²) in [7, 11) is 0. The first kappa shape index (κ1) is 26.2. The molecule has 0 aliphatic heterocycles. The van der Waals surface area contributed by atoms with Crippen molar-refractivity contribution in [2.45, 2.75) is 17.1 Å². The highest BCUT2D eigenvalue weighted by molar-refractivity contribution is 8.00. The Morgan fingerprint density at radius 1 is 0.718 bits per heavy atom. The van der Waals surface area contributed by atoms with Crippen LogP contribution in [0.1, 0.15) is 15.7 Å². The molecular weight excluding hydrogens is 525 g/mol. The van der Waals surface area contributed by atoms with Gasteiger partial charge in [0.05, 0.1) is 5.69 Å². The Kier molecular flexibility index (Phi) is 8.36. The number of aryl methyl sites for hydroxylation is 1. The van der Waals surface area contributed by atoms with E-state index in [0.717, 1.165) is 26.6 Å². The van der Waals surface area contributed by atoms with Crippen LogP contribution in [0.2, 0.25) is 0 Å². The standard InChI is InChI=1S/C31H26N4O2S2/c1-21-27(22-11-5-2-6-12-22)34-31(38-21)35-29(36)28(23-13-7-3-8-14-23)39-26-19-17-25(18-20-26)33-30(37)32-24-15-9-4-10-16-24/h2-20,28H,1H3,(H2,32,33,37)(H,34,35,36). The zero-order valence-corrected chi connectivity index (χ0v) is 22.8. The second kappa shape index (κ2) is 12.4. The Labute approximate surface area is 235 Å². The van der Waals surface area contributed by atoms with Crippen molar-refractivity contribution < 1.29 is 9.59 Å².